The number of nitrogens with two attached hydrogens (primary N) is 1. The van der Waals surface area contributed by atoms with Crippen LogP contribution in [0.4, 0.5) is 5.82 Å². The summed E-state index contributed by atoms with van der Waals surface area (Å²) < 4.78 is 0. The van der Waals surface area contributed by atoms with Gasteiger partial charge in [0.15, 0.2) is 5.82 Å². The predicted octanol–water partition coefficient (Wildman–Crippen LogP) is 1.14. The highest BCUT2D eigenvalue weighted by Crippen LogP contribution is 2.16. The Balaban J connectivity index is 2.24. The SMILES string of the molecule is CN(Cc1ccccn1)c1nnccc1C(N)=S. The summed E-state index contributed by atoms with van der Waals surface area (Å²) in [6, 6.07) is 7.54. The van der Waals surface area contributed by atoms with Gasteiger partial charge in [-0.3, -0.25) is 4.98 Å². The van der Waals surface area contributed by atoms with E-state index in [-0.39, 0.29) is 0 Å². The number of nitrogens with zero attached hydrogens (tertiary/aromatic N) is 4. The third-order valence-corrected chi connectivity index (χ3v) is 2.67. The summed E-state index contributed by atoms with van der Waals surface area (Å²) in [5.74, 6) is 0.663. The number of thiocarbonyl (C=S) groups is 1. The van der Waals surface area contributed by atoms with E-state index < -0.39 is 0 Å². The lowest BCUT2D eigenvalue weighted by Crippen LogP contribution is -2.23. The van der Waals surface area contributed by atoms with Crippen LogP contribution in [0.5, 0.6) is 0 Å². The van der Waals surface area contributed by atoms with Gasteiger partial charge in [0, 0.05) is 13.2 Å². The minimum atomic E-state index is 0.313. The maximum Gasteiger partial charge on any atom is 0.161 e. The van der Waals surface area contributed by atoms with Crippen molar-refractivity contribution in [2.45, 2.75) is 6.54 Å². The Hall–Kier alpha value is -2.08. The molecule has 5 nitrogen and oxygen atoms in total. The second kappa shape index (κ2) is 5.50. The van der Waals surface area contributed by atoms with E-state index in [0.29, 0.717) is 17.4 Å². The van der Waals surface area contributed by atoms with Crippen LogP contribution < -0.4 is 10.6 Å². The molecule has 0 unspecified atom stereocenters. The zero-order valence-electron chi connectivity index (χ0n) is 9.95. The van der Waals surface area contributed by atoms with Gasteiger partial charge in [0.1, 0.15) is 4.99 Å². The molecule has 0 atom stereocenters. The summed E-state index contributed by atoms with van der Waals surface area (Å²) in [7, 11) is 1.90. The first kappa shape index (κ1) is 12.4. The quantitative estimate of drug-likeness (QED) is 0.831. The van der Waals surface area contributed by atoms with Crippen molar-refractivity contribution in [3.63, 3.8) is 0 Å². The fourth-order valence-corrected chi connectivity index (χ4v) is 1.77. The average Bonchev–Trinajstić information content (AvgIpc) is 2.40. The van der Waals surface area contributed by atoms with Crippen molar-refractivity contribution in [1.82, 2.24) is 15.2 Å². The number of pyridine rings is 1. The number of rotatable bonds is 4. The number of aromatic nitrogens is 3. The molecule has 0 saturated carbocycles. The maximum atomic E-state index is 5.67. The molecular formula is C12H13N5S. The van der Waals surface area contributed by atoms with E-state index >= 15 is 0 Å². The van der Waals surface area contributed by atoms with E-state index in [9.17, 15) is 0 Å². The first-order chi connectivity index (χ1) is 8.68. The molecule has 2 rings (SSSR count). The van der Waals surface area contributed by atoms with E-state index in [4.69, 9.17) is 18.0 Å². The topological polar surface area (TPSA) is 67.9 Å². The molecule has 0 aliphatic heterocycles. The van der Waals surface area contributed by atoms with Crippen LogP contribution in [-0.4, -0.2) is 27.2 Å². The molecule has 6 heteroatoms. The lowest BCUT2D eigenvalue weighted by Gasteiger charge is -2.19. The molecule has 2 aromatic heterocycles. The first-order valence-electron chi connectivity index (χ1n) is 5.41. The van der Waals surface area contributed by atoms with Crippen molar-refractivity contribution in [1.29, 1.82) is 0 Å². The Morgan fingerprint density at radius 2 is 2.17 bits per heavy atom. The summed E-state index contributed by atoms with van der Waals surface area (Å²) in [4.78, 5) is 6.50. The summed E-state index contributed by atoms with van der Waals surface area (Å²) in [6.45, 7) is 0.620. The van der Waals surface area contributed by atoms with Crippen LogP contribution >= 0.6 is 12.2 Å². The summed E-state index contributed by atoms with van der Waals surface area (Å²) >= 11 is 5.00. The molecule has 2 aromatic rings. The van der Waals surface area contributed by atoms with Crippen molar-refractivity contribution >= 4 is 23.0 Å². The third-order valence-electron chi connectivity index (χ3n) is 2.45. The largest absolute Gasteiger partial charge is 0.389 e. The molecule has 0 aromatic carbocycles. The van der Waals surface area contributed by atoms with Gasteiger partial charge in [-0.2, -0.15) is 5.10 Å². The van der Waals surface area contributed by atoms with Gasteiger partial charge < -0.3 is 10.6 Å². The first-order valence-corrected chi connectivity index (χ1v) is 5.82. The molecule has 0 aliphatic rings. The van der Waals surface area contributed by atoms with Gasteiger partial charge >= 0.3 is 0 Å². The van der Waals surface area contributed by atoms with Crippen LogP contribution in [0.3, 0.4) is 0 Å². The van der Waals surface area contributed by atoms with E-state index in [2.05, 4.69) is 15.2 Å². The van der Waals surface area contributed by atoms with Gasteiger partial charge in [-0.25, -0.2) is 0 Å². The predicted molar refractivity (Wildman–Crippen MR) is 74.3 cm³/mol. The van der Waals surface area contributed by atoms with E-state index in [1.807, 2.05) is 30.1 Å². The average molecular weight is 259 g/mol. The normalized spacial score (nSPS) is 10.1. The molecular weight excluding hydrogens is 246 g/mol. The third kappa shape index (κ3) is 2.78. The van der Waals surface area contributed by atoms with E-state index in [1.54, 1.807) is 18.5 Å². The van der Waals surface area contributed by atoms with Gasteiger partial charge in [-0.1, -0.05) is 18.3 Å². The highest BCUT2D eigenvalue weighted by molar-refractivity contribution is 7.80. The van der Waals surface area contributed by atoms with Crippen molar-refractivity contribution < 1.29 is 0 Å². The van der Waals surface area contributed by atoms with Gasteiger partial charge in [0.2, 0.25) is 0 Å². The molecule has 0 amide bonds. The summed E-state index contributed by atoms with van der Waals surface area (Å²) in [5.41, 5.74) is 7.33. The van der Waals surface area contributed by atoms with Crippen LogP contribution in [0, 0.1) is 0 Å². The Kier molecular flexibility index (Phi) is 3.78. The second-order valence-corrected chi connectivity index (χ2v) is 4.25. The fraction of sp³-hybridized carbons (Fsp3) is 0.167. The minimum absolute atomic E-state index is 0.313. The van der Waals surface area contributed by atoms with Gasteiger partial charge in [-0.05, 0) is 18.2 Å². The van der Waals surface area contributed by atoms with Gasteiger partial charge in [-0.15, -0.1) is 5.10 Å². The number of hydrogen-bond acceptors (Lipinski definition) is 5. The highest BCUT2D eigenvalue weighted by atomic mass is 32.1. The molecule has 2 N–H and O–H groups in total. The standard InChI is InChI=1S/C12H13N5S/c1-17(8-9-4-2-3-6-14-9)12-10(11(13)18)5-7-15-16-12/h2-7H,8H2,1H3,(H2,13,18). The van der Waals surface area contributed by atoms with Gasteiger partial charge in [0.25, 0.3) is 0 Å². The Labute approximate surface area is 111 Å². The van der Waals surface area contributed by atoms with Crippen LogP contribution in [0.25, 0.3) is 0 Å². The lowest BCUT2D eigenvalue weighted by atomic mass is 10.2. The zero-order chi connectivity index (χ0) is 13.0. The molecule has 0 saturated heterocycles. The second-order valence-electron chi connectivity index (χ2n) is 3.81. The van der Waals surface area contributed by atoms with Crippen LogP contribution in [0.2, 0.25) is 0 Å². The van der Waals surface area contributed by atoms with Crippen LogP contribution in [0.1, 0.15) is 11.3 Å². The zero-order valence-corrected chi connectivity index (χ0v) is 10.8. The van der Waals surface area contributed by atoms with E-state index in [0.717, 1.165) is 11.3 Å². The minimum Gasteiger partial charge on any atom is -0.389 e. The molecule has 0 aliphatic carbocycles. The van der Waals surface area contributed by atoms with Crippen molar-refractivity contribution in [3.05, 3.63) is 47.9 Å². The summed E-state index contributed by atoms with van der Waals surface area (Å²) in [5, 5.41) is 7.94. The molecule has 0 fully saturated rings. The monoisotopic (exact) mass is 259 g/mol. The summed E-state index contributed by atoms with van der Waals surface area (Å²) in [6.07, 6.45) is 3.33. The molecule has 2 heterocycles. The number of anilines is 1. The lowest BCUT2D eigenvalue weighted by molar-refractivity contribution is 0.841. The molecule has 18 heavy (non-hydrogen) atoms. The van der Waals surface area contributed by atoms with E-state index in [1.165, 1.54) is 0 Å². The fourth-order valence-electron chi connectivity index (χ4n) is 1.61. The molecule has 0 spiro atoms. The molecule has 0 radical (unpaired) electrons. The molecule has 0 bridgehead atoms. The van der Waals surface area contributed by atoms with Crippen LogP contribution in [0.15, 0.2) is 36.7 Å². The van der Waals surface area contributed by atoms with Crippen molar-refractivity contribution in [2.75, 3.05) is 11.9 Å². The maximum absolute atomic E-state index is 5.67. The smallest absolute Gasteiger partial charge is 0.161 e. The molecule has 92 valence electrons. The van der Waals surface area contributed by atoms with Gasteiger partial charge in [0.05, 0.1) is 24.0 Å². The Morgan fingerprint density at radius 1 is 1.33 bits per heavy atom. The van der Waals surface area contributed by atoms with Crippen molar-refractivity contribution in [2.24, 2.45) is 5.73 Å². The highest BCUT2D eigenvalue weighted by Gasteiger charge is 2.12. The number of hydrogen-bond donors (Lipinski definition) is 1. The Morgan fingerprint density at radius 3 is 2.83 bits per heavy atom. The van der Waals surface area contributed by atoms with Crippen molar-refractivity contribution in [3.8, 4) is 0 Å². The Bertz CT molecular complexity index is 543. The van der Waals surface area contributed by atoms with Crippen LogP contribution in [-0.2, 0) is 6.54 Å².